The van der Waals surface area contributed by atoms with E-state index >= 15 is 0 Å². The largest absolute Gasteiger partial charge is 0.358 e. The predicted molar refractivity (Wildman–Crippen MR) is 122 cm³/mol. The molecule has 162 valence electrons. The van der Waals surface area contributed by atoms with Crippen LogP contribution in [-0.4, -0.2) is 53.8 Å². The number of thiophene rings is 1. The Morgan fingerprint density at radius 1 is 1.32 bits per heavy atom. The van der Waals surface area contributed by atoms with Crippen LogP contribution < -0.4 is 16.4 Å². The van der Waals surface area contributed by atoms with Gasteiger partial charge in [-0.2, -0.15) is 0 Å². The van der Waals surface area contributed by atoms with Gasteiger partial charge in [0.2, 0.25) is 5.91 Å². The molecule has 0 saturated carbocycles. The molecule has 0 bridgehead atoms. The van der Waals surface area contributed by atoms with Crippen LogP contribution >= 0.6 is 34.3 Å². The Bertz CT molecular complexity index is 1160. The molecule has 1 aliphatic rings. The summed E-state index contributed by atoms with van der Waals surface area (Å²) in [5.74, 6) is -0.851. The van der Waals surface area contributed by atoms with Gasteiger partial charge in [-0.15, -0.1) is 22.7 Å². The first kappa shape index (κ1) is 21.7. The van der Waals surface area contributed by atoms with Gasteiger partial charge in [0.1, 0.15) is 10.7 Å². The molecule has 0 unspecified atom stereocenters. The van der Waals surface area contributed by atoms with Crippen LogP contribution in [0.15, 0.2) is 29.6 Å². The lowest BCUT2D eigenvalue weighted by atomic mass is 10.2. The summed E-state index contributed by atoms with van der Waals surface area (Å²) < 4.78 is 0.983. The van der Waals surface area contributed by atoms with Crippen LogP contribution in [-0.2, 0) is 4.79 Å². The normalized spacial score (nSPS) is 18.4. The number of carbonyl (C=O) groups excluding carboxylic acids is 3. The molecule has 3 aromatic rings. The van der Waals surface area contributed by atoms with Gasteiger partial charge < -0.3 is 21.3 Å². The van der Waals surface area contributed by atoms with E-state index in [-0.39, 0.29) is 36.1 Å². The van der Waals surface area contributed by atoms with Crippen molar-refractivity contribution in [2.24, 2.45) is 5.73 Å². The third kappa shape index (κ3) is 4.57. The Kier molecular flexibility index (Phi) is 6.24. The van der Waals surface area contributed by atoms with E-state index in [1.165, 1.54) is 29.7 Å². The fourth-order valence-electron chi connectivity index (χ4n) is 3.47. The molecule has 0 aliphatic carbocycles. The number of amides is 3. The molecule has 31 heavy (non-hydrogen) atoms. The maximum atomic E-state index is 13.3. The second kappa shape index (κ2) is 8.91. The van der Waals surface area contributed by atoms with Crippen molar-refractivity contribution in [3.63, 3.8) is 0 Å². The second-order valence-corrected chi connectivity index (χ2v) is 9.60. The number of fused-ring (bicyclic) bond motifs is 1. The number of likely N-dealkylation sites (N-methyl/N-ethyl adjacent to an activating group) is 1. The van der Waals surface area contributed by atoms with Gasteiger partial charge in [0.15, 0.2) is 0 Å². The number of halogens is 1. The molecular formula is C20H20ClN5O3S2. The first-order valence-corrected chi connectivity index (χ1v) is 11.6. The van der Waals surface area contributed by atoms with Crippen molar-refractivity contribution < 1.29 is 14.4 Å². The number of rotatable bonds is 5. The number of carbonyl (C=O) groups is 3. The molecule has 0 spiro atoms. The summed E-state index contributed by atoms with van der Waals surface area (Å²) >= 11 is 8.78. The van der Waals surface area contributed by atoms with Gasteiger partial charge in [-0.25, -0.2) is 4.98 Å². The van der Waals surface area contributed by atoms with Gasteiger partial charge in [-0.1, -0.05) is 11.6 Å². The van der Waals surface area contributed by atoms with E-state index in [0.717, 1.165) is 10.1 Å². The zero-order valence-corrected chi connectivity index (χ0v) is 18.9. The number of thiazole rings is 1. The third-order valence-electron chi connectivity index (χ3n) is 5.01. The zero-order chi connectivity index (χ0) is 22.1. The van der Waals surface area contributed by atoms with Crippen LogP contribution in [0.25, 0.3) is 10.1 Å². The summed E-state index contributed by atoms with van der Waals surface area (Å²) in [4.78, 5) is 43.6. The van der Waals surface area contributed by atoms with Gasteiger partial charge >= 0.3 is 0 Å². The van der Waals surface area contributed by atoms with Crippen LogP contribution in [0.1, 0.15) is 37.6 Å². The average molecular weight is 478 g/mol. The molecule has 1 aliphatic heterocycles. The topological polar surface area (TPSA) is 117 Å². The van der Waals surface area contributed by atoms with Crippen molar-refractivity contribution in [1.82, 2.24) is 20.5 Å². The van der Waals surface area contributed by atoms with E-state index in [2.05, 4.69) is 15.6 Å². The number of likely N-dealkylation sites (tertiary alicyclic amines) is 1. The molecule has 1 saturated heterocycles. The standard InChI is InChI=1S/C20H20ClN5O3S2/c1-23-17(27)7-24-18(28)13-9-30-19(25-13)14-6-12(22)8-26(14)20(29)16-5-10-4-11(21)2-3-15(10)31-16/h2-5,9,12,14H,6-8,22H2,1H3,(H,23,27)(H,24,28)/t12-,14+/m1/s1. The highest BCUT2D eigenvalue weighted by atomic mass is 35.5. The number of nitrogens with zero attached hydrogens (tertiary/aromatic N) is 2. The molecule has 4 rings (SSSR count). The summed E-state index contributed by atoms with van der Waals surface area (Å²) in [5, 5.41) is 8.78. The van der Waals surface area contributed by atoms with Crippen molar-refractivity contribution in [1.29, 1.82) is 0 Å². The summed E-state index contributed by atoms with van der Waals surface area (Å²) in [6.07, 6.45) is 0.565. The molecule has 3 amide bonds. The van der Waals surface area contributed by atoms with Gasteiger partial charge in [-0.3, -0.25) is 14.4 Å². The van der Waals surface area contributed by atoms with Crippen LogP contribution in [0.5, 0.6) is 0 Å². The first-order chi connectivity index (χ1) is 14.9. The lowest BCUT2D eigenvalue weighted by molar-refractivity contribution is -0.119. The number of aromatic nitrogens is 1. The maximum Gasteiger partial charge on any atom is 0.271 e. The van der Waals surface area contributed by atoms with E-state index in [9.17, 15) is 14.4 Å². The molecule has 8 nitrogen and oxygen atoms in total. The summed E-state index contributed by atoms with van der Waals surface area (Å²) in [6.45, 7) is 0.285. The quantitative estimate of drug-likeness (QED) is 0.521. The minimum atomic E-state index is -0.437. The van der Waals surface area contributed by atoms with Crippen LogP contribution in [0.2, 0.25) is 5.02 Å². The van der Waals surface area contributed by atoms with Crippen molar-refractivity contribution in [3.8, 4) is 0 Å². The fraction of sp³-hybridized carbons (Fsp3) is 0.300. The number of hydrogen-bond donors (Lipinski definition) is 3. The molecule has 4 N–H and O–H groups in total. The molecule has 2 aromatic heterocycles. The Morgan fingerprint density at radius 3 is 2.90 bits per heavy atom. The van der Waals surface area contributed by atoms with E-state index in [1.807, 2.05) is 18.2 Å². The van der Waals surface area contributed by atoms with Crippen molar-refractivity contribution in [2.75, 3.05) is 20.1 Å². The number of hydrogen-bond acceptors (Lipinski definition) is 7. The smallest absolute Gasteiger partial charge is 0.271 e. The molecule has 11 heteroatoms. The van der Waals surface area contributed by atoms with Crippen molar-refractivity contribution in [3.05, 3.63) is 50.2 Å². The fourth-order valence-corrected chi connectivity index (χ4v) is 5.58. The van der Waals surface area contributed by atoms with Crippen molar-refractivity contribution >= 4 is 62.1 Å². The van der Waals surface area contributed by atoms with Crippen molar-refractivity contribution in [2.45, 2.75) is 18.5 Å². The van der Waals surface area contributed by atoms with Crippen LogP contribution in [0, 0.1) is 0 Å². The SMILES string of the molecule is CNC(=O)CNC(=O)c1csc([C@@H]2C[C@@H](N)CN2C(=O)c2cc3cc(Cl)ccc3s2)n1. The summed E-state index contributed by atoms with van der Waals surface area (Å²) in [6, 6.07) is 6.90. The maximum absolute atomic E-state index is 13.3. The molecule has 1 fully saturated rings. The van der Waals surface area contributed by atoms with E-state index in [4.69, 9.17) is 17.3 Å². The number of benzene rings is 1. The lowest BCUT2D eigenvalue weighted by Gasteiger charge is -2.22. The highest BCUT2D eigenvalue weighted by molar-refractivity contribution is 7.20. The Hall–Kier alpha value is -2.53. The van der Waals surface area contributed by atoms with Gasteiger partial charge in [0.25, 0.3) is 11.8 Å². The number of nitrogens with one attached hydrogen (secondary N) is 2. The summed E-state index contributed by atoms with van der Waals surface area (Å²) in [7, 11) is 1.50. The molecule has 1 aromatic carbocycles. The molecule has 3 heterocycles. The highest BCUT2D eigenvalue weighted by Gasteiger charge is 2.37. The molecule has 2 atom stereocenters. The van der Waals surface area contributed by atoms with Gasteiger partial charge in [0.05, 0.1) is 17.5 Å². The monoisotopic (exact) mass is 477 g/mol. The Balaban J connectivity index is 1.54. The van der Waals surface area contributed by atoms with Gasteiger partial charge in [0, 0.05) is 34.7 Å². The number of nitrogens with two attached hydrogens (primary N) is 1. The van der Waals surface area contributed by atoms with Crippen LogP contribution in [0.4, 0.5) is 0 Å². The molecule has 0 radical (unpaired) electrons. The average Bonchev–Trinajstić information content (AvgIpc) is 3.48. The second-order valence-electron chi connectivity index (χ2n) is 7.19. The zero-order valence-electron chi connectivity index (χ0n) is 16.6. The lowest BCUT2D eigenvalue weighted by Crippen LogP contribution is -2.35. The first-order valence-electron chi connectivity index (χ1n) is 9.55. The third-order valence-corrected chi connectivity index (χ3v) is 7.30. The summed E-state index contributed by atoms with van der Waals surface area (Å²) in [5.41, 5.74) is 6.39. The van der Waals surface area contributed by atoms with Gasteiger partial charge in [-0.05, 0) is 36.1 Å². The van der Waals surface area contributed by atoms with E-state index < -0.39 is 5.91 Å². The van der Waals surface area contributed by atoms with Crippen LogP contribution in [0.3, 0.4) is 0 Å². The van der Waals surface area contributed by atoms with E-state index in [1.54, 1.807) is 16.3 Å². The Morgan fingerprint density at radius 2 is 2.13 bits per heavy atom. The minimum absolute atomic E-state index is 0.115. The van der Waals surface area contributed by atoms with E-state index in [0.29, 0.717) is 27.9 Å². The predicted octanol–water partition coefficient (Wildman–Crippen LogP) is 2.40. The molecular weight excluding hydrogens is 458 g/mol. The minimum Gasteiger partial charge on any atom is -0.358 e. The highest BCUT2D eigenvalue weighted by Crippen LogP contribution is 2.36. The Labute approximate surface area is 191 Å².